The van der Waals surface area contributed by atoms with Crippen LogP contribution in [0.15, 0.2) is 0 Å². The molecule has 0 aromatic heterocycles. The van der Waals surface area contributed by atoms with Crippen LogP contribution in [0.3, 0.4) is 0 Å². The summed E-state index contributed by atoms with van der Waals surface area (Å²) in [7, 11) is 4.11. The van der Waals surface area contributed by atoms with E-state index in [1.807, 2.05) is 0 Å². The van der Waals surface area contributed by atoms with E-state index in [0.717, 1.165) is 0 Å². The standard InChI is InChI=1S/C9H18N2Se/c1-11(2)9(12)10-8-6-4-3-5-7-8/h8H,3-7H2,1-2H3,(H,10,12). The minimum absolute atomic E-state index is 0.706. The molecule has 0 atom stereocenters. The zero-order chi connectivity index (χ0) is 8.97. The molecule has 0 saturated heterocycles. The van der Waals surface area contributed by atoms with Crippen LogP contribution in [0.1, 0.15) is 32.1 Å². The van der Waals surface area contributed by atoms with Gasteiger partial charge < -0.3 is 0 Å². The fourth-order valence-corrected chi connectivity index (χ4v) is 1.90. The van der Waals surface area contributed by atoms with Crippen molar-refractivity contribution in [2.45, 2.75) is 38.1 Å². The predicted molar refractivity (Wildman–Crippen MR) is 54.5 cm³/mol. The summed E-state index contributed by atoms with van der Waals surface area (Å²) in [5.74, 6) is 0. The van der Waals surface area contributed by atoms with Crippen LogP contribution in [-0.4, -0.2) is 45.3 Å². The first-order valence-electron chi connectivity index (χ1n) is 4.68. The van der Waals surface area contributed by atoms with E-state index in [1.165, 1.54) is 36.8 Å². The van der Waals surface area contributed by atoms with Crippen LogP contribution < -0.4 is 5.32 Å². The maximum absolute atomic E-state index is 3.51. The summed E-state index contributed by atoms with van der Waals surface area (Å²) in [6, 6.07) is 0.706. The first-order valence-corrected chi connectivity index (χ1v) is 5.53. The van der Waals surface area contributed by atoms with Gasteiger partial charge in [-0.1, -0.05) is 0 Å². The number of hydrogen-bond donors (Lipinski definition) is 1. The molecule has 0 aliphatic heterocycles. The molecule has 70 valence electrons. The number of hydrogen-bond acceptors (Lipinski definition) is 2. The van der Waals surface area contributed by atoms with Crippen molar-refractivity contribution in [3.8, 4) is 0 Å². The van der Waals surface area contributed by atoms with Crippen LogP contribution in [0.4, 0.5) is 0 Å². The molecule has 1 aliphatic carbocycles. The molecule has 0 radical (unpaired) electrons. The summed E-state index contributed by atoms with van der Waals surface area (Å²) in [6.07, 6.45) is 6.86. The molecule has 2 nitrogen and oxygen atoms in total. The van der Waals surface area contributed by atoms with Crippen molar-refractivity contribution < 1.29 is 0 Å². The molecular weight excluding hydrogens is 215 g/mol. The maximum atomic E-state index is 3.51. The predicted octanol–water partition coefficient (Wildman–Crippen LogP) is 0.726. The molecule has 1 N–H and O–H groups in total. The van der Waals surface area contributed by atoms with Crippen molar-refractivity contribution in [2.24, 2.45) is 0 Å². The second-order valence-corrected chi connectivity index (χ2v) is 4.49. The average molecular weight is 233 g/mol. The molecule has 0 amide bonds. The van der Waals surface area contributed by atoms with Crippen LogP contribution in [0.5, 0.6) is 0 Å². The van der Waals surface area contributed by atoms with E-state index in [0.29, 0.717) is 6.04 Å². The van der Waals surface area contributed by atoms with Crippen LogP contribution in [0.25, 0.3) is 0 Å². The Labute approximate surface area is 83.1 Å². The van der Waals surface area contributed by atoms with Gasteiger partial charge in [-0.25, -0.2) is 0 Å². The van der Waals surface area contributed by atoms with Crippen molar-refractivity contribution >= 4 is 20.2 Å². The van der Waals surface area contributed by atoms with E-state index < -0.39 is 0 Å². The van der Waals surface area contributed by atoms with E-state index >= 15 is 0 Å². The Morgan fingerprint density at radius 3 is 2.33 bits per heavy atom. The third-order valence-corrected chi connectivity index (χ3v) is 3.35. The van der Waals surface area contributed by atoms with E-state index in [4.69, 9.17) is 0 Å². The summed E-state index contributed by atoms with van der Waals surface area (Å²) in [5, 5.41) is 3.51. The Bertz CT molecular complexity index is 151. The summed E-state index contributed by atoms with van der Waals surface area (Å²) in [5.41, 5.74) is 0. The van der Waals surface area contributed by atoms with E-state index in [1.54, 1.807) is 0 Å². The molecule has 0 unspecified atom stereocenters. The molecule has 0 heterocycles. The second-order valence-electron chi connectivity index (χ2n) is 3.68. The van der Waals surface area contributed by atoms with Gasteiger partial charge in [0.05, 0.1) is 0 Å². The molecule has 1 saturated carbocycles. The normalized spacial score (nSPS) is 18.8. The number of nitrogens with zero attached hydrogens (tertiary/aromatic N) is 1. The summed E-state index contributed by atoms with van der Waals surface area (Å²) < 4.78 is 1.17. The van der Waals surface area contributed by atoms with E-state index in [9.17, 15) is 0 Å². The topological polar surface area (TPSA) is 15.3 Å². The molecule has 3 heteroatoms. The van der Waals surface area contributed by atoms with Gasteiger partial charge >= 0.3 is 82.7 Å². The SMILES string of the molecule is CN(C)C(=[Se])NC1CCCCC1. The monoisotopic (exact) mass is 234 g/mol. The van der Waals surface area contributed by atoms with Gasteiger partial charge in [0.1, 0.15) is 0 Å². The van der Waals surface area contributed by atoms with Crippen LogP contribution in [0.2, 0.25) is 0 Å². The van der Waals surface area contributed by atoms with Gasteiger partial charge in [0.15, 0.2) is 0 Å². The number of rotatable bonds is 3. The molecule has 12 heavy (non-hydrogen) atoms. The van der Waals surface area contributed by atoms with Gasteiger partial charge in [-0.05, 0) is 0 Å². The summed E-state index contributed by atoms with van der Waals surface area (Å²) in [4.78, 5) is 2.09. The Balaban J connectivity index is 2.24. The second kappa shape index (κ2) is 4.88. The van der Waals surface area contributed by atoms with Crippen molar-refractivity contribution in [1.29, 1.82) is 0 Å². The zero-order valence-electron chi connectivity index (χ0n) is 7.97. The van der Waals surface area contributed by atoms with Crippen molar-refractivity contribution in [2.75, 3.05) is 14.1 Å². The van der Waals surface area contributed by atoms with E-state index in [-0.39, 0.29) is 0 Å². The van der Waals surface area contributed by atoms with Crippen LogP contribution in [-0.2, 0) is 0 Å². The van der Waals surface area contributed by atoms with Crippen molar-refractivity contribution in [1.82, 2.24) is 10.2 Å². The van der Waals surface area contributed by atoms with Crippen molar-refractivity contribution in [3.05, 3.63) is 0 Å². The molecule has 0 spiro atoms. The first kappa shape index (κ1) is 10.1. The van der Waals surface area contributed by atoms with Gasteiger partial charge in [-0.2, -0.15) is 0 Å². The molecule has 0 bridgehead atoms. The van der Waals surface area contributed by atoms with Gasteiger partial charge in [-0.15, -0.1) is 0 Å². The quantitative estimate of drug-likeness (QED) is 0.723. The summed E-state index contributed by atoms with van der Waals surface area (Å²) >= 11 is 3.06. The number of nitrogens with one attached hydrogen (secondary N) is 1. The molecular formula is C9H18N2Se. The van der Waals surface area contributed by atoms with Crippen molar-refractivity contribution in [3.63, 3.8) is 0 Å². The Morgan fingerprint density at radius 1 is 1.25 bits per heavy atom. The Hall–Kier alpha value is -0.0105. The minimum atomic E-state index is 0.706. The fourth-order valence-electron chi connectivity index (χ4n) is 1.55. The molecule has 1 fully saturated rings. The Kier molecular flexibility index (Phi) is 4.10. The molecule has 0 aromatic rings. The van der Waals surface area contributed by atoms with Crippen LogP contribution in [0, 0.1) is 0 Å². The molecule has 1 aliphatic rings. The average Bonchev–Trinajstić information content (AvgIpc) is 2.06. The third kappa shape index (κ3) is 3.16. The summed E-state index contributed by atoms with van der Waals surface area (Å²) in [6.45, 7) is 0. The van der Waals surface area contributed by atoms with E-state index in [2.05, 4.69) is 39.9 Å². The Morgan fingerprint density at radius 2 is 1.83 bits per heavy atom. The first-order chi connectivity index (χ1) is 5.70. The zero-order valence-corrected chi connectivity index (χ0v) is 9.68. The van der Waals surface area contributed by atoms with Gasteiger partial charge in [0, 0.05) is 0 Å². The fraction of sp³-hybridized carbons (Fsp3) is 0.889. The van der Waals surface area contributed by atoms with Gasteiger partial charge in [0.2, 0.25) is 0 Å². The van der Waals surface area contributed by atoms with Gasteiger partial charge in [0.25, 0.3) is 0 Å². The van der Waals surface area contributed by atoms with Gasteiger partial charge in [-0.3, -0.25) is 0 Å². The third-order valence-electron chi connectivity index (χ3n) is 2.34. The van der Waals surface area contributed by atoms with Crippen LogP contribution >= 0.6 is 0 Å². The molecule has 0 aromatic carbocycles. The molecule has 1 rings (SSSR count).